The third-order valence-corrected chi connectivity index (χ3v) is 4.56. The van der Waals surface area contributed by atoms with E-state index in [9.17, 15) is 0 Å². The molecule has 2 fully saturated rings. The van der Waals surface area contributed by atoms with Gasteiger partial charge >= 0.3 is 0 Å². The van der Waals surface area contributed by atoms with Crippen molar-refractivity contribution < 1.29 is 0 Å². The minimum atomic E-state index is 0.746. The van der Waals surface area contributed by atoms with E-state index in [1.807, 2.05) is 11.7 Å². The van der Waals surface area contributed by atoms with E-state index in [4.69, 9.17) is 0 Å². The summed E-state index contributed by atoms with van der Waals surface area (Å²) in [5.41, 5.74) is 0. The zero-order valence-corrected chi connectivity index (χ0v) is 11.3. The number of rotatable bonds is 6. The van der Waals surface area contributed by atoms with Gasteiger partial charge in [-0.2, -0.15) is 5.10 Å². The van der Waals surface area contributed by atoms with Crippen molar-refractivity contribution in [1.82, 2.24) is 20.1 Å². The molecule has 0 aromatic carbocycles. The first-order valence-corrected chi connectivity index (χ1v) is 7.39. The van der Waals surface area contributed by atoms with Crippen LogP contribution in [0.4, 0.5) is 0 Å². The Morgan fingerprint density at radius 3 is 2.72 bits per heavy atom. The molecule has 18 heavy (non-hydrogen) atoms. The average Bonchev–Trinajstić information content (AvgIpc) is 2.87. The summed E-state index contributed by atoms with van der Waals surface area (Å²) in [6, 6.07) is 0.813. The molecule has 0 amide bonds. The molecule has 1 unspecified atom stereocenters. The highest BCUT2D eigenvalue weighted by Crippen LogP contribution is 2.33. The van der Waals surface area contributed by atoms with Crippen molar-refractivity contribution in [1.29, 1.82) is 0 Å². The van der Waals surface area contributed by atoms with Crippen molar-refractivity contribution in [3.05, 3.63) is 12.2 Å². The summed E-state index contributed by atoms with van der Waals surface area (Å²) in [7, 11) is 2.00. The fourth-order valence-corrected chi connectivity index (χ4v) is 3.18. The molecule has 4 nitrogen and oxygen atoms in total. The maximum Gasteiger partial charge on any atom is 0.138 e. The Labute approximate surface area is 109 Å². The van der Waals surface area contributed by atoms with Crippen molar-refractivity contribution in [2.24, 2.45) is 18.9 Å². The van der Waals surface area contributed by atoms with Crippen LogP contribution in [0.15, 0.2) is 6.33 Å². The first-order valence-electron chi connectivity index (χ1n) is 7.39. The number of hydrogen-bond donors (Lipinski definition) is 1. The van der Waals surface area contributed by atoms with Gasteiger partial charge in [-0.3, -0.25) is 4.68 Å². The monoisotopic (exact) mass is 248 g/mol. The molecule has 1 N–H and O–H groups in total. The molecule has 1 atom stereocenters. The molecule has 100 valence electrons. The van der Waals surface area contributed by atoms with Gasteiger partial charge in [0, 0.05) is 19.5 Å². The molecule has 3 rings (SSSR count). The summed E-state index contributed by atoms with van der Waals surface area (Å²) in [4.78, 5) is 4.39. The Morgan fingerprint density at radius 2 is 2.11 bits per heavy atom. The van der Waals surface area contributed by atoms with Gasteiger partial charge in [-0.15, -0.1) is 0 Å². The number of hydrogen-bond acceptors (Lipinski definition) is 3. The Kier molecular flexibility index (Phi) is 3.64. The SMILES string of the molecule is Cn1ncnc1CC(CNC1CC1)C1CCCC1. The van der Waals surface area contributed by atoms with Crippen LogP contribution in [0.3, 0.4) is 0 Å². The maximum atomic E-state index is 4.39. The summed E-state index contributed by atoms with van der Waals surface area (Å²) in [6.07, 6.45) is 11.2. The molecule has 0 spiro atoms. The number of nitrogens with one attached hydrogen (secondary N) is 1. The quantitative estimate of drug-likeness (QED) is 0.836. The lowest BCUT2D eigenvalue weighted by molar-refractivity contribution is 0.312. The van der Waals surface area contributed by atoms with Crippen LogP contribution < -0.4 is 5.32 Å². The summed E-state index contributed by atoms with van der Waals surface area (Å²) in [6.45, 7) is 1.17. The van der Waals surface area contributed by atoms with Crippen molar-refractivity contribution >= 4 is 0 Å². The summed E-state index contributed by atoms with van der Waals surface area (Å²) in [5, 5.41) is 7.90. The Morgan fingerprint density at radius 1 is 1.33 bits per heavy atom. The van der Waals surface area contributed by atoms with Crippen LogP contribution >= 0.6 is 0 Å². The topological polar surface area (TPSA) is 42.7 Å². The molecule has 1 aromatic heterocycles. The van der Waals surface area contributed by atoms with Crippen LogP contribution in [0.2, 0.25) is 0 Å². The lowest BCUT2D eigenvalue weighted by Gasteiger charge is -2.23. The fraction of sp³-hybridized carbons (Fsp3) is 0.857. The van der Waals surface area contributed by atoms with Gasteiger partial charge < -0.3 is 5.32 Å². The van der Waals surface area contributed by atoms with Crippen LogP contribution in [0.5, 0.6) is 0 Å². The molecule has 0 radical (unpaired) electrons. The van der Waals surface area contributed by atoms with E-state index >= 15 is 0 Å². The molecule has 0 aliphatic heterocycles. The van der Waals surface area contributed by atoms with Gasteiger partial charge in [-0.05, 0) is 31.2 Å². The zero-order chi connectivity index (χ0) is 12.4. The van der Waals surface area contributed by atoms with Crippen molar-refractivity contribution in [2.75, 3.05) is 6.54 Å². The minimum Gasteiger partial charge on any atom is -0.314 e. The van der Waals surface area contributed by atoms with Gasteiger partial charge in [0.05, 0.1) is 0 Å². The summed E-state index contributed by atoms with van der Waals surface area (Å²) in [5.74, 6) is 2.79. The van der Waals surface area contributed by atoms with Gasteiger partial charge in [0.1, 0.15) is 12.2 Å². The lowest BCUT2D eigenvalue weighted by atomic mass is 9.87. The number of aromatic nitrogens is 3. The molecule has 0 saturated heterocycles. The van der Waals surface area contributed by atoms with Gasteiger partial charge in [0.25, 0.3) is 0 Å². The van der Waals surface area contributed by atoms with Crippen LogP contribution in [-0.2, 0) is 13.5 Å². The van der Waals surface area contributed by atoms with E-state index in [0.29, 0.717) is 0 Å². The van der Waals surface area contributed by atoms with Crippen molar-refractivity contribution in [2.45, 2.75) is 51.0 Å². The predicted octanol–water partition coefficient (Wildman–Crippen LogP) is 1.92. The van der Waals surface area contributed by atoms with E-state index in [1.165, 1.54) is 45.1 Å². The fourth-order valence-electron chi connectivity index (χ4n) is 3.18. The molecule has 2 aliphatic rings. The van der Waals surface area contributed by atoms with E-state index < -0.39 is 0 Å². The first-order chi connectivity index (χ1) is 8.83. The van der Waals surface area contributed by atoms with Crippen molar-refractivity contribution in [3.8, 4) is 0 Å². The highest BCUT2D eigenvalue weighted by Gasteiger charge is 2.28. The van der Waals surface area contributed by atoms with E-state index in [2.05, 4.69) is 15.4 Å². The molecule has 2 aliphatic carbocycles. The normalized spacial score (nSPS) is 22.5. The largest absolute Gasteiger partial charge is 0.314 e. The highest BCUT2D eigenvalue weighted by atomic mass is 15.3. The van der Waals surface area contributed by atoms with Gasteiger partial charge in [-0.1, -0.05) is 25.7 Å². The first kappa shape index (κ1) is 12.2. The number of aryl methyl sites for hydroxylation is 1. The Hall–Kier alpha value is -0.900. The summed E-state index contributed by atoms with van der Waals surface area (Å²) >= 11 is 0. The minimum absolute atomic E-state index is 0.746. The third-order valence-electron chi connectivity index (χ3n) is 4.56. The number of nitrogens with zero attached hydrogens (tertiary/aromatic N) is 3. The smallest absolute Gasteiger partial charge is 0.138 e. The average molecular weight is 248 g/mol. The van der Waals surface area contributed by atoms with Gasteiger partial charge in [-0.25, -0.2) is 4.98 Å². The van der Waals surface area contributed by atoms with Crippen LogP contribution in [0, 0.1) is 11.8 Å². The predicted molar refractivity (Wildman–Crippen MR) is 71.2 cm³/mol. The van der Waals surface area contributed by atoms with Gasteiger partial charge in [0.2, 0.25) is 0 Å². The second kappa shape index (κ2) is 5.39. The Balaban J connectivity index is 1.61. The van der Waals surface area contributed by atoms with Crippen LogP contribution in [0.25, 0.3) is 0 Å². The van der Waals surface area contributed by atoms with Crippen LogP contribution in [-0.4, -0.2) is 27.4 Å². The molecule has 1 heterocycles. The maximum absolute atomic E-state index is 4.39. The molecule has 2 saturated carbocycles. The van der Waals surface area contributed by atoms with E-state index in [-0.39, 0.29) is 0 Å². The molecular formula is C14H24N4. The van der Waals surface area contributed by atoms with Crippen LogP contribution in [0.1, 0.15) is 44.3 Å². The zero-order valence-electron chi connectivity index (χ0n) is 11.3. The van der Waals surface area contributed by atoms with Gasteiger partial charge in [0.15, 0.2) is 0 Å². The van der Waals surface area contributed by atoms with E-state index in [1.54, 1.807) is 6.33 Å². The molecule has 0 bridgehead atoms. The van der Waals surface area contributed by atoms with Crippen molar-refractivity contribution in [3.63, 3.8) is 0 Å². The lowest BCUT2D eigenvalue weighted by Crippen LogP contribution is -2.31. The Bertz CT molecular complexity index is 377. The summed E-state index contributed by atoms with van der Waals surface area (Å²) < 4.78 is 1.93. The second-order valence-corrected chi connectivity index (χ2v) is 5.99. The molecular weight excluding hydrogens is 224 g/mol. The standard InChI is InChI=1S/C14H24N4/c1-18-14(16-10-17-18)8-12(9-15-13-6-7-13)11-4-2-3-5-11/h10-13,15H,2-9H2,1H3. The van der Waals surface area contributed by atoms with E-state index in [0.717, 1.165) is 30.1 Å². The third kappa shape index (κ3) is 2.91. The molecule has 4 heteroatoms. The molecule has 1 aromatic rings. The second-order valence-electron chi connectivity index (χ2n) is 5.99. The highest BCUT2D eigenvalue weighted by molar-refractivity contribution is 4.92.